The number of aryl methyl sites for hydroxylation is 2. The van der Waals surface area contributed by atoms with Crippen molar-refractivity contribution in [1.29, 1.82) is 0 Å². The molecule has 1 atom stereocenters. The van der Waals surface area contributed by atoms with E-state index in [0.717, 1.165) is 12.2 Å². The van der Waals surface area contributed by atoms with Gasteiger partial charge in [0.25, 0.3) is 0 Å². The zero-order valence-electron chi connectivity index (χ0n) is 8.66. The maximum Gasteiger partial charge on any atom is 0.0644 e. The lowest BCUT2D eigenvalue weighted by Crippen LogP contribution is -2.08. The van der Waals surface area contributed by atoms with Crippen molar-refractivity contribution < 1.29 is 0 Å². The van der Waals surface area contributed by atoms with Gasteiger partial charge in [-0.15, -0.1) is 12.4 Å². The van der Waals surface area contributed by atoms with Gasteiger partial charge in [-0.3, -0.25) is 4.68 Å². The van der Waals surface area contributed by atoms with Crippen molar-refractivity contribution in [2.24, 2.45) is 5.73 Å². The number of rotatable bonds is 2. The van der Waals surface area contributed by atoms with Gasteiger partial charge in [-0.25, -0.2) is 0 Å². The molecular weight excluding hydrogens is 186 g/mol. The second-order valence-corrected chi connectivity index (χ2v) is 3.19. The lowest BCUT2D eigenvalue weighted by Gasteiger charge is -2.05. The molecule has 0 fully saturated rings. The van der Waals surface area contributed by atoms with E-state index in [1.165, 1.54) is 11.3 Å². The topological polar surface area (TPSA) is 43.8 Å². The van der Waals surface area contributed by atoms with Gasteiger partial charge < -0.3 is 5.73 Å². The summed E-state index contributed by atoms with van der Waals surface area (Å²) in [6, 6.07) is 0.0882. The van der Waals surface area contributed by atoms with E-state index in [4.69, 9.17) is 5.73 Å². The SMILES string of the molecule is CCn1nc(C)c(C(C)N)c1C.Cl. The van der Waals surface area contributed by atoms with Crippen molar-refractivity contribution >= 4 is 12.4 Å². The Bertz CT molecular complexity index is 279. The minimum Gasteiger partial charge on any atom is -0.324 e. The minimum absolute atomic E-state index is 0. The van der Waals surface area contributed by atoms with Gasteiger partial charge in [-0.05, 0) is 27.7 Å². The lowest BCUT2D eigenvalue weighted by molar-refractivity contribution is 0.632. The highest BCUT2D eigenvalue weighted by molar-refractivity contribution is 5.85. The molecule has 0 aromatic carbocycles. The van der Waals surface area contributed by atoms with Gasteiger partial charge in [-0.1, -0.05) is 0 Å². The molecule has 0 amide bonds. The molecule has 0 bridgehead atoms. The average Bonchev–Trinajstić information content (AvgIpc) is 2.25. The van der Waals surface area contributed by atoms with E-state index >= 15 is 0 Å². The van der Waals surface area contributed by atoms with Gasteiger partial charge >= 0.3 is 0 Å². The van der Waals surface area contributed by atoms with Crippen LogP contribution in [-0.4, -0.2) is 9.78 Å². The molecule has 3 nitrogen and oxygen atoms in total. The number of nitrogens with zero attached hydrogens (tertiary/aromatic N) is 2. The Balaban J connectivity index is 0.00000144. The Hall–Kier alpha value is -0.540. The van der Waals surface area contributed by atoms with Crippen LogP contribution in [0.1, 0.15) is 36.8 Å². The Morgan fingerprint density at radius 3 is 2.23 bits per heavy atom. The minimum atomic E-state index is 0. The Morgan fingerprint density at radius 1 is 1.46 bits per heavy atom. The summed E-state index contributed by atoms with van der Waals surface area (Å²) in [5.41, 5.74) is 9.28. The molecule has 0 spiro atoms. The monoisotopic (exact) mass is 203 g/mol. The van der Waals surface area contributed by atoms with Crippen LogP contribution >= 0.6 is 12.4 Å². The molecule has 1 heterocycles. The zero-order chi connectivity index (χ0) is 9.30. The summed E-state index contributed by atoms with van der Waals surface area (Å²) in [7, 11) is 0. The molecule has 1 unspecified atom stereocenters. The van der Waals surface area contributed by atoms with Gasteiger partial charge in [0.1, 0.15) is 0 Å². The second-order valence-electron chi connectivity index (χ2n) is 3.19. The standard InChI is InChI=1S/C9H17N3.ClH/c1-5-12-8(4)9(6(2)10)7(3)11-12;/h6H,5,10H2,1-4H3;1H. The summed E-state index contributed by atoms with van der Waals surface area (Å²) < 4.78 is 1.99. The van der Waals surface area contributed by atoms with Gasteiger partial charge in [0.05, 0.1) is 5.69 Å². The first-order chi connectivity index (χ1) is 5.57. The van der Waals surface area contributed by atoms with Crippen molar-refractivity contribution in [1.82, 2.24) is 9.78 Å². The molecule has 1 aromatic rings. The molecular formula is C9H18ClN3. The van der Waals surface area contributed by atoms with Crippen molar-refractivity contribution in [2.75, 3.05) is 0 Å². The molecule has 13 heavy (non-hydrogen) atoms. The van der Waals surface area contributed by atoms with Crippen molar-refractivity contribution in [2.45, 2.75) is 40.3 Å². The average molecular weight is 204 g/mol. The molecule has 0 saturated carbocycles. The van der Waals surface area contributed by atoms with Crippen LogP contribution < -0.4 is 5.73 Å². The normalized spacial score (nSPS) is 12.4. The Morgan fingerprint density at radius 2 is 2.00 bits per heavy atom. The van der Waals surface area contributed by atoms with Crippen LogP contribution in [0.2, 0.25) is 0 Å². The van der Waals surface area contributed by atoms with Crippen molar-refractivity contribution in [3.8, 4) is 0 Å². The number of halogens is 1. The summed E-state index contributed by atoms with van der Waals surface area (Å²) in [5, 5.41) is 4.39. The predicted molar refractivity (Wildman–Crippen MR) is 57.2 cm³/mol. The Labute approximate surface area is 85.7 Å². The zero-order valence-corrected chi connectivity index (χ0v) is 9.48. The smallest absolute Gasteiger partial charge is 0.0644 e. The number of hydrogen-bond acceptors (Lipinski definition) is 2. The van der Waals surface area contributed by atoms with Crippen LogP contribution in [0.4, 0.5) is 0 Å². The highest BCUT2D eigenvalue weighted by atomic mass is 35.5. The first-order valence-corrected chi connectivity index (χ1v) is 4.37. The fourth-order valence-electron chi connectivity index (χ4n) is 1.68. The van der Waals surface area contributed by atoms with E-state index in [1.807, 2.05) is 18.5 Å². The summed E-state index contributed by atoms with van der Waals surface area (Å²) in [5.74, 6) is 0. The second kappa shape index (κ2) is 4.63. The first-order valence-electron chi connectivity index (χ1n) is 4.37. The third kappa shape index (κ3) is 2.23. The van der Waals surface area contributed by atoms with Gasteiger partial charge in [0.2, 0.25) is 0 Å². The first kappa shape index (κ1) is 12.5. The van der Waals surface area contributed by atoms with E-state index < -0.39 is 0 Å². The fraction of sp³-hybridized carbons (Fsp3) is 0.667. The van der Waals surface area contributed by atoms with Crippen LogP contribution in [0.3, 0.4) is 0 Å². The van der Waals surface area contributed by atoms with Gasteiger partial charge in [0, 0.05) is 23.8 Å². The van der Waals surface area contributed by atoms with E-state index in [-0.39, 0.29) is 18.4 Å². The molecule has 1 rings (SSSR count). The molecule has 0 saturated heterocycles. The number of hydrogen-bond donors (Lipinski definition) is 1. The highest BCUT2D eigenvalue weighted by Crippen LogP contribution is 2.18. The van der Waals surface area contributed by atoms with E-state index in [1.54, 1.807) is 0 Å². The summed E-state index contributed by atoms with van der Waals surface area (Å²) in [6.45, 7) is 9.08. The van der Waals surface area contributed by atoms with Crippen LogP contribution in [0, 0.1) is 13.8 Å². The van der Waals surface area contributed by atoms with Gasteiger partial charge in [-0.2, -0.15) is 5.10 Å². The largest absolute Gasteiger partial charge is 0.324 e. The molecule has 0 aliphatic rings. The third-order valence-corrected chi connectivity index (χ3v) is 2.19. The van der Waals surface area contributed by atoms with Crippen LogP contribution in [0.5, 0.6) is 0 Å². The quantitative estimate of drug-likeness (QED) is 0.799. The highest BCUT2D eigenvalue weighted by Gasteiger charge is 2.12. The van der Waals surface area contributed by atoms with Gasteiger partial charge in [0.15, 0.2) is 0 Å². The van der Waals surface area contributed by atoms with Crippen LogP contribution in [-0.2, 0) is 6.54 Å². The van der Waals surface area contributed by atoms with Crippen LogP contribution in [0.15, 0.2) is 0 Å². The Kier molecular flexibility index (Phi) is 4.44. The molecule has 2 N–H and O–H groups in total. The van der Waals surface area contributed by atoms with E-state index in [2.05, 4.69) is 18.9 Å². The molecule has 0 aliphatic carbocycles. The maximum absolute atomic E-state index is 5.83. The molecule has 0 aliphatic heterocycles. The van der Waals surface area contributed by atoms with Crippen LogP contribution in [0.25, 0.3) is 0 Å². The summed E-state index contributed by atoms with van der Waals surface area (Å²) in [4.78, 5) is 0. The molecule has 1 aromatic heterocycles. The molecule has 76 valence electrons. The molecule has 4 heteroatoms. The third-order valence-electron chi connectivity index (χ3n) is 2.19. The number of aromatic nitrogens is 2. The summed E-state index contributed by atoms with van der Waals surface area (Å²) >= 11 is 0. The van der Waals surface area contributed by atoms with Crippen molar-refractivity contribution in [3.63, 3.8) is 0 Å². The number of nitrogens with two attached hydrogens (primary N) is 1. The fourth-order valence-corrected chi connectivity index (χ4v) is 1.68. The van der Waals surface area contributed by atoms with Crippen molar-refractivity contribution in [3.05, 3.63) is 17.0 Å². The predicted octanol–water partition coefficient (Wildman–Crippen LogP) is 1.96. The lowest BCUT2D eigenvalue weighted by atomic mass is 10.1. The summed E-state index contributed by atoms with van der Waals surface area (Å²) in [6.07, 6.45) is 0. The molecule has 0 radical (unpaired) electrons. The van der Waals surface area contributed by atoms with E-state index in [0.29, 0.717) is 0 Å². The van der Waals surface area contributed by atoms with E-state index in [9.17, 15) is 0 Å². The maximum atomic E-state index is 5.83.